The van der Waals surface area contributed by atoms with Crippen LogP contribution in [0.25, 0.3) is 0 Å². The molecule has 128 valence electrons. The number of carbonyl (C=O) groups is 1. The smallest absolute Gasteiger partial charge is 0.315 e. The zero-order chi connectivity index (χ0) is 16.8. The molecule has 0 saturated heterocycles. The third-order valence-electron chi connectivity index (χ3n) is 4.32. The molecule has 0 saturated carbocycles. The summed E-state index contributed by atoms with van der Waals surface area (Å²) in [4.78, 5) is 14.3. The predicted molar refractivity (Wildman–Crippen MR) is 93.6 cm³/mol. The number of carbonyl (C=O) groups excluding carboxylic acids is 1. The molecule has 0 bridgehead atoms. The summed E-state index contributed by atoms with van der Waals surface area (Å²) in [5, 5.41) is 10.0. The van der Waals surface area contributed by atoms with Crippen LogP contribution in [0.1, 0.15) is 18.1 Å². The number of aromatic nitrogens is 2. The van der Waals surface area contributed by atoms with E-state index >= 15 is 0 Å². The van der Waals surface area contributed by atoms with E-state index in [-0.39, 0.29) is 12.1 Å². The summed E-state index contributed by atoms with van der Waals surface area (Å²) in [6, 6.07) is 10.4. The molecule has 0 spiro atoms. The topological polar surface area (TPSA) is 62.2 Å². The Morgan fingerprint density at radius 2 is 2.12 bits per heavy atom. The van der Waals surface area contributed by atoms with Gasteiger partial charge >= 0.3 is 6.03 Å². The van der Waals surface area contributed by atoms with Gasteiger partial charge in [0.05, 0.1) is 6.54 Å². The summed E-state index contributed by atoms with van der Waals surface area (Å²) in [7, 11) is 0. The first-order valence-electron chi connectivity index (χ1n) is 8.51. The number of nitrogens with one attached hydrogen (secondary N) is 2. The molecule has 24 heavy (non-hydrogen) atoms. The average molecular weight is 327 g/mol. The van der Waals surface area contributed by atoms with Gasteiger partial charge in [0.25, 0.3) is 0 Å². The number of urea groups is 1. The maximum atomic E-state index is 12.0. The summed E-state index contributed by atoms with van der Waals surface area (Å²) < 4.78 is 1.82. The molecule has 0 aliphatic carbocycles. The molecule has 2 aromatic rings. The van der Waals surface area contributed by atoms with Crippen LogP contribution < -0.4 is 10.6 Å². The van der Waals surface area contributed by atoms with Crippen LogP contribution in [0.15, 0.2) is 42.7 Å². The Kier molecular flexibility index (Phi) is 5.48. The first-order valence-corrected chi connectivity index (χ1v) is 8.51. The van der Waals surface area contributed by atoms with Crippen molar-refractivity contribution in [1.82, 2.24) is 25.3 Å². The lowest BCUT2D eigenvalue weighted by atomic mass is 10.00. The summed E-state index contributed by atoms with van der Waals surface area (Å²) in [5.41, 5.74) is 2.85. The molecule has 0 unspecified atom stereocenters. The number of rotatable bonds is 6. The molecular weight excluding hydrogens is 302 g/mol. The lowest BCUT2D eigenvalue weighted by Crippen LogP contribution is -2.45. The van der Waals surface area contributed by atoms with Crippen LogP contribution in [0.4, 0.5) is 4.79 Å². The highest BCUT2D eigenvalue weighted by Gasteiger charge is 2.15. The van der Waals surface area contributed by atoms with E-state index in [4.69, 9.17) is 0 Å². The molecule has 3 rings (SSSR count). The first kappa shape index (κ1) is 16.5. The van der Waals surface area contributed by atoms with E-state index < -0.39 is 0 Å². The van der Waals surface area contributed by atoms with Gasteiger partial charge in [-0.3, -0.25) is 9.58 Å². The van der Waals surface area contributed by atoms with Gasteiger partial charge in [-0.1, -0.05) is 24.3 Å². The molecule has 2 N–H and O–H groups in total. The van der Waals surface area contributed by atoms with E-state index in [1.807, 2.05) is 23.9 Å². The highest BCUT2D eigenvalue weighted by Crippen LogP contribution is 2.17. The summed E-state index contributed by atoms with van der Waals surface area (Å²) >= 11 is 0. The Bertz CT molecular complexity index is 655. The van der Waals surface area contributed by atoms with Crippen molar-refractivity contribution in [3.63, 3.8) is 0 Å². The SMILES string of the molecule is C[C@H](Cn1cccn1)NC(=O)NCCN1CCc2ccccc2C1. The van der Waals surface area contributed by atoms with Gasteiger partial charge in [-0.15, -0.1) is 0 Å². The number of benzene rings is 1. The largest absolute Gasteiger partial charge is 0.337 e. The molecule has 6 nitrogen and oxygen atoms in total. The van der Waals surface area contributed by atoms with Crippen molar-refractivity contribution in [2.75, 3.05) is 19.6 Å². The Hall–Kier alpha value is -2.34. The minimum Gasteiger partial charge on any atom is -0.337 e. The summed E-state index contributed by atoms with van der Waals surface area (Å²) in [5.74, 6) is 0. The van der Waals surface area contributed by atoms with Crippen LogP contribution in [0, 0.1) is 0 Å². The van der Waals surface area contributed by atoms with E-state index in [1.54, 1.807) is 6.20 Å². The normalized spacial score (nSPS) is 15.5. The van der Waals surface area contributed by atoms with E-state index in [1.165, 1.54) is 11.1 Å². The molecule has 0 fully saturated rings. The van der Waals surface area contributed by atoms with Crippen molar-refractivity contribution in [3.8, 4) is 0 Å². The molecule has 1 aliphatic rings. The second kappa shape index (κ2) is 7.97. The van der Waals surface area contributed by atoms with Crippen LogP contribution in [0.5, 0.6) is 0 Å². The molecule has 2 heterocycles. The van der Waals surface area contributed by atoms with Gasteiger partial charge in [0.1, 0.15) is 0 Å². The molecule has 1 aliphatic heterocycles. The maximum Gasteiger partial charge on any atom is 0.315 e. The number of fused-ring (bicyclic) bond motifs is 1. The zero-order valence-corrected chi connectivity index (χ0v) is 14.1. The van der Waals surface area contributed by atoms with Crippen molar-refractivity contribution >= 4 is 6.03 Å². The van der Waals surface area contributed by atoms with Crippen molar-refractivity contribution in [3.05, 3.63) is 53.9 Å². The van der Waals surface area contributed by atoms with Crippen molar-refractivity contribution in [2.45, 2.75) is 32.5 Å². The van der Waals surface area contributed by atoms with Crippen molar-refractivity contribution in [1.29, 1.82) is 0 Å². The Morgan fingerprint density at radius 1 is 1.29 bits per heavy atom. The van der Waals surface area contributed by atoms with E-state index in [2.05, 4.69) is 44.9 Å². The predicted octanol–water partition coefficient (Wildman–Crippen LogP) is 1.63. The van der Waals surface area contributed by atoms with E-state index in [0.717, 1.165) is 26.1 Å². The second-order valence-corrected chi connectivity index (χ2v) is 6.32. The fourth-order valence-corrected chi connectivity index (χ4v) is 3.08. The van der Waals surface area contributed by atoms with E-state index in [0.29, 0.717) is 13.1 Å². The summed E-state index contributed by atoms with van der Waals surface area (Å²) in [6.07, 6.45) is 4.72. The van der Waals surface area contributed by atoms with Gasteiger partial charge in [-0.2, -0.15) is 5.10 Å². The molecule has 6 heteroatoms. The number of hydrogen-bond donors (Lipinski definition) is 2. The Labute approximate surface area is 142 Å². The molecule has 0 radical (unpaired) electrons. The Morgan fingerprint density at radius 3 is 2.92 bits per heavy atom. The molecule has 1 aromatic heterocycles. The van der Waals surface area contributed by atoms with Crippen LogP contribution in [0.3, 0.4) is 0 Å². The van der Waals surface area contributed by atoms with Crippen LogP contribution in [0.2, 0.25) is 0 Å². The standard InChI is InChI=1S/C18H25N5O/c1-15(13-23-10-4-8-20-23)21-18(24)19-9-12-22-11-7-16-5-2-3-6-17(16)14-22/h2-6,8,10,15H,7,9,11-14H2,1H3,(H2,19,21,24)/t15-/m1/s1. The maximum absolute atomic E-state index is 12.0. The van der Waals surface area contributed by atoms with Gasteiger partial charge in [-0.25, -0.2) is 4.79 Å². The van der Waals surface area contributed by atoms with Crippen LogP contribution in [-0.2, 0) is 19.5 Å². The average Bonchev–Trinajstić information content (AvgIpc) is 3.07. The zero-order valence-electron chi connectivity index (χ0n) is 14.1. The first-order chi connectivity index (χ1) is 11.7. The van der Waals surface area contributed by atoms with Gasteiger partial charge < -0.3 is 10.6 Å². The third-order valence-corrected chi connectivity index (χ3v) is 4.32. The molecular formula is C18H25N5O. The number of nitrogens with zero attached hydrogens (tertiary/aromatic N) is 3. The fourth-order valence-electron chi connectivity index (χ4n) is 3.08. The highest BCUT2D eigenvalue weighted by atomic mass is 16.2. The molecule has 1 atom stereocenters. The third kappa shape index (κ3) is 4.58. The fraction of sp³-hybridized carbons (Fsp3) is 0.444. The van der Waals surface area contributed by atoms with Crippen LogP contribution in [-0.4, -0.2) is 46.4 Å². The van der Waals surface area contributed by atoms with Crippen LogP contribution >= 0.6 is 0 Å². The van der Waals surface area contributed by atoms with Crippen molar-refractivity contribution in [2.24, 2.45) is 0 Å². The summed E-state index contributed by atoms with van der Waals surface area (Å²) in [6.45, 7) is 6.19. The minimum absolute atomic E-state index is 0.0340. The van der Waals surface area contributed by atoms with Gasteiger partial charge in [0.2, 0.25) is 0 Å². The number of amides is 2. The Balaban J connectivity index is 1.35. The number of hydrogen-bond acceptors (Lipinski definition) is 3. The lowest BCUT2D eigenvalue weighted by molar-refractivity contribution is 0.227. The van der Waals surface area contributed by atoms with Gasteiger partial charge in [0.15, 0.2) is 0 Å². The molecule has 2 amide bonds. The quantitative estimate of drug-likeness (QED) is 0.848. The van der Waals surface area contributed by atoms with Gasteiger partial charge in [-0.05, 0) is 30.5 Å². The monoisotopic (exact) mass is 327 g/mol. The lowest BCUT2D eigenvalue weighted by Gasteiger charge is -2.28. The second-order valence-electron chi connectivity index (χ2n) is 6.32. The van der Waals surface area contributed by atoms with Crippen molar-refractivity contribution < 1.29 is 4.79 Å². The van der Waals surface area contributed by atoms with Gasteiger partial charge in [0, 0.05) is 44.6 Å². The highest BCUT2D eigenvalue weighted by molar-refractivity contribution is 5.74. The molecule has 1 aromatic carbocycles. The minimum atomic E-state index is -0.118. The van der Waals surface area contributed by atoms with E-state index in [9.17, 15) is 4.79 Å².